The Balaban J connectivity index is 1.38. The Kier molecular flexibility index (Phi) is 6.65. The summed E-state index contributed by atoms with van der Waals surface area (Å²) >= 11 is 0. The molecule has 0 aliphatic carbocycles. The molecular weight excluding hydrogens is 467 g/mol. The van der Waals surface area contributed by atoms with Gasteiger partial charge in [-0.1, -0.05) is 60.7 Å². The summed E-state index contributed by atoms with van der Waals surface area (Å²) in [6.45, 7) is 0.118. The Morgan fingerprint density at radius 1 is 1.03 bits per heavy atom. The highest BCUT2D eigenvalue weighted by atomic mass is 19.4. The molecule has 36 heavy (non-hydrogen) atoms. The zero-order chi connectivity index (χ0) is 25.1. The maximum atomic E-state index is 14.0. The number of aromatic nitrogens is 3. The molecule has 4 aromatic rings. The van der Waals surface area contributed by atoms with Crippen molar-refractivity contribution in [3.8, 4) is 17.0 Å². The van der Waals surface area contributed by atoms with Gasteiger partial charge in [0.1, 0.15) is 6.10 Å². The standard InChI is InChI=1S/C27H26F3N5O/c1-35-17-21(14-34-35)20-12-23-26(33-13-20)36-24(16-31-23)25(19-10-6-3-7-11-19)32-15-22(27(28,29)30)18-8-4-2-5-9-18/h2-14,17,22,24-25,31-32H,15-16H2,1H3/t22-,24-,25+/m0/s1. The first kappa shape index (κ1) is 23.9. The summed E-state index contributed by atoms with van der Waals surface area (Å²) in [4.78, 5) is 4.48. The molecule has 5 rings (SSSR count). The van der Waals surface area contributed by atoms with Gasteiger partial charge in [0.2, 0.25) is 5.88 Å². The van der Waals surface area contributed by atoms with Crippen LogP contribution in [0.25, 0.3) is 11.1 Å². The molecule has 3 heterocycles. The van der Waals surface area contributed by atoms with Crippen molar-refractivity contribution in [1.29, 1.82) is 0 Å². The molecule has 6 nitrogen and oxygen atoms in total. The van der Waals surface area contributed by atoms with Crippen LogP contribution in [0.3, 0.4) is 0 Å². The number of hydrogen-bond acceptors (Lipinski definition) is 5. The summed E-state index contributed by atoms with van der Waals surface area (Å²) in [6, 6.07) is 18.8. The van der Waals surface area contributed by atoms with Crippen molar-refractivity contribution in [2.75, 3.05) is 18.4 Å². The molecule has 0 radical (unpaired) electrons. The van der Waals surface area contributed by atoms with E-state index in [1.807, 2.05) is 49.6 Å². The highest BCUT2D eigenvalue weighted by molar-refractivity contribution is 5.69. The first-order valence-corrected chi connectivity index (χ1v) is 11.7. The Labute approximate surface area is 207 Å². The molecule has 0 fully saturated rings. The number of pyridine rings is 1. The van der Waals surface area contributed by atoms with E-state index in [0.717, 1.165) is 22.4 Å². The number of benzene rings is 2. The molecule has 186 valence electrons. The predicted octanol–water partition coefficient (Wildman–Crippen LogP) is 5.33. The van der Waals surface area contributed by atoms with Crippen LogP contribution in [0, 0.1) is 0 Å². The summed E-state index contributed by atoms with van der Waals surface area (Å²) < 4.78 is 49.9. The molecule has 1 aliphatic rings. The SMILES string of the molecule is Cn1cc(-c2cnc3c(c2)NC[C@@H]([C@H](NC[C@@H](c2ccccc2)C(F)(F)F)c2ccccc2)O3)cn1. The van der Waals surface area contributed by atoms with Crippen molar-refractivity contribution in [1.82, 2.24) is 20.1 Å². The van der Waals surface area contributed by atoms with Crippen LogP contribution in [-0.2, 0) is 7.05 Å². The van der Waals surface area contributed by atoms with E-state index in [1.54, 1.807) is 35.3 Å². The highest BCUT2D eigenvalue weighted by Crippen LogP contribution is 2.37. The van der Waals surface area contributed by atoms with E-state index in [0.29, 0.717) is 12.4 Å². The third kappa shape index (κ3) is 5.21. The van der Waals surface area contributed by atoms with Crippen LogP contribution in [0.15, 0.2) is 85.3 Å². The second-order valence-corrected chi connectivity index (χ2v) is 8.82. The third-order valence-corrected chi connectivity index (χ3v) is 6.32. The molecule has 0 bridgehead atoms. The minimum absolute atomic E-state index is 0.224. The van der Waals surface area contributed by atoms with Crippen molar-refractivity contribution in [2.45, 2.75) is 24.2 Å². The molecule has 1 aliphatic heterocycles. The number of rotatable bonds is 7. The number of hydrogen-bond donors (Lipinski definition) is 2. The minimum atomic E-state index is -4.39. The Bertz CT molecular complexity index is 1290. The maximum absolute atomic E-state index is 14.0. The Morgan fingerprint density at radius 2 is 1.72 bits per heavy atom. The number of alkyl halides is 3. The van der Waals surface area contributed by atoms with Gasteiger partial charge >= 0.3 is 6.18 Å². The van der Waals surface area contributed by atoms with E-state index in [4.69, 9.17) is 4.74 Å². The number of aryl methyl sites for hydroxylation is 1. The first-order chi connectivity index (χ1) is 17.4. The van der Waals surface area contributed by atoms with Gasteiger partial charge in [0.15, 0.2) is 0 Å². The lowest BCUT2D eigenvalue weighted by Gasteiger charge is -2.34. The van der Waals surface area contributed by atoms with Crippen LogP contribution in [-0.4, -0.2) is 40.1 Å². The highest BCUT2D eigenvalue weighted by Gasteiger charge is 2.41. The normalized spacial score (nSPS) is 16.9. The summed E-state index contributed by atoms with van der Waals surface area (Å²) in [5.74, 6) is -1.23. The summed E-state index contributed by atoms with van der Waals surface area (Å²) in [7, 11) is 1.85. The number of fused-ring (bicyclic) bond motifs is 1. The van der Waals surface area contributed by atoms with Crippen LogP contribution in [0.1, 0.15) is 23.1 Å². The van der Waals surface area contributed by atoms with E-state index in [1.165, 1.54) is 12.1 Å². The monoisotopic (exact) mass is 493 g/mol. The molecule has 0 saturated heterocycles. The van der Waals surface area contributed by atoms with Gasteiger partial charge in [-0.3, -0.25) is 4.68 Å². The van der Waals surface area contributed by atoms with Gasteiger partial charge in [-0.15, -0.1) is 0 Å². The first-order valence-electron chi connectivity index (χ1n) is 11.7. The van der Waals surface area contributed by atoms with E-state index < -0.39 is 24.2 Å². The van der Waals surface area contributed by atoms with Gasteiger partial charge in [-0.2, -0.15) is 18.3 Å². The molecule has 0 amide bonds. The van der Waals surface area contributed by atoms with Gasteiger partial charge in [-0.25, -0.2) is 4.98 Å². The third-order valence-electron chi connectivity index (χ3n) is 6.32. The van der Waals surface area contributed by atoms with Crippen LogP contribution < -0.4 is 15.4 Å². The molecule has 2 aromatic carbocycles. The van der Waals surface area contributed by atoms with Crippen molar-refractivity contribution in [3.05, 3.63) is 96.4 Å². The van der Waals surface area contributed by atoms with E-state index in [-0.39, 0.29) is 12.1 Å². The van der Waals surface area contributed by atoms with Crippen molar-refractivity contribution in [3.63, 3.8) is 0 Å². The second-order valence-electron chi connectivity index (χ2n) is 8.82. The zero-order valence-corrected chi connectivity index (χ0v) is 19.6. The van der Waals surface area contributed by atoms with Gasteiger partial charge < -0.3 is 15.4 Å². The van der Waals surface area contributed by atoms with Gasteiger partial charge in [0.25, 0.3) is 0 Å². The second kappa shape index (κ2) is 10.0. The summed E-state index contributed by atoms with van der Waals surface area (Å²) in [5, 5.41) is 10.7. The Hall–Kier alpha value is -3.85. The topological polar surface area (TPSA) is 64.0 Å². The molecule has 3 atom stereocenters. The van der Waals surface area contributed by atoms with E-state index in [9.17, 15) is 13.2 Å². The molecule has 0 unspecified atom stereocenters. The zero-order valence-electron chi connectivity index (χ0n) is 19.6. The largest absolute Gasteiger partial charge is 0.469 e. The number of anilines is 1. The average molecular weight is 494 g/mol. The van der Waals surface area contributed by atoms with Crippen molar-refractivity contribution >= 4 is 5.69 Å². The van der Waals surface area contributed by atoms with Crippen LogP contribution in [0.4, 0.5) is 18.9 Å². The molecule has 0 saturated carbocycles. The number of halogens is 3. The minimum Gasteiger partial charge on any atom is -0.469 e. The molecule has 0 spiro atoms. The average Bonchev–Trinajstić information content (AvgIpc) is 3.32. The number of ether oxygens (including phenoxy) is 1. The number of nitrogens with zero attached hydrogens (tertiary/aromatic N) is 3. The maximum Gasteiger partial charge on any atom is 0.396 e. The van der Waals surface area contributed by atoms with Crippen LogP contribution in [0.5, 0.6) is 5.88 Å². The fourth-order valence-electron chi connectivity index (χ4n) is 4.46. The lowest BCUT2D eigenvalue weighted by molar-refractivity contribution is -0.150. The Morgan fingerprint density at radius 3 is 2.36 bits per heavy atom. The predicted molar refractivity (Wildman–Crippen MR) is 132 cm³/mol. The fraction of sp³-hybridized carbons (Fsp3) is 0.259. The quantitative estimate of drug-likeness (QED) is 0.364. The molecular formula is C27H26F3N5O. The molecule has 9 heteroatoms. The lowest BCUT2D eigenvalue weighted by atomic mass is 9.95. The summed E-state index contributed by atoms with van der Waals surface area (Å²) in [5.41, 5.74) is 3.62. The summed E-state index contributed by atoms with van der Waals surface area (Å²) in [6.07, 6.45) is 0.503. The molecule has 2 aromatic heterocycles. The van der Waals surface area contributed by atoms with Gasteiger partial charge in [0, 0.05) is 37.1 Å². The number of nitrogens with one attached hydrogen (secondary N) is 2. The van der Waals surface area contributed by atoms with Gasteiger partial charge in [-0.05, 0) is 17.2 Å². The van der Waals surface area contributed by atoms with Crippen LogP contribution >= 0.6 is 0 Å². The smallest absolute Gasteiger partial charge is 0.396 e. The van der Waals surface area contributed by atoms with E-state index in [2.05, 4.69) is 20.7 Å². The lowest BCUT2D eigenvalue weighted by Crippen LogP contribution is -2.45. The fourth-order valence-corrected chi connectivity index (χ4v) is 4.46. The van der Waals surface area contributed by atoms with Crippen molar-refractivity contribution < 1.29 is 17.9 Å². The van der Waals surface area contributed by atoms with Gasteiger partial charge in [0.05, 0.1) is 30.4 Å². The molecule has 2 N–H and O–H groups in total. The van der Waals surface area contributed by atoms with Crippen LogP contribution in [0.2, 0.25) is 0 Å². The van der Waals surface area contributed by atoms with E-state index >= 15 is 0 Å². The van der Waals surface area contributed by atoms with Crippen molar-refractivity contribution in [2.24, 2.45) is 7.05 Å².